The van der Waals surface area contributed by atoms with Gasteiger partial charge in [0.25, 0.3) is 0 Å². The molecule has 1 aromatic rings. The van der Waals surface area contributed by atoms with Crippen LogP contribution in [0, 0.1) is 6.92 Å². The summed E-state index contributed by atoms with van der Waals surface area (Å²) in [6.45, 7) is 5.17. The van der Waals surface area contributed by atoms with E-state index >= 15 is 0 Å². The maximum atomic E-state index is 9.92. The van der Waals surface area contributed by atoms with Crippen molar-refractivity contribution in [2.75, 3.05) is 26.2 Å². The molecule has 0 bridgehead atoms. The third-order valence-corrected chi connectivity index (χ3v) is 3.47. The van der Waals surface area contributed by atoms with Crippen LogP contribution in [0.2, 0.25) is 5.02 Å². The fraction of sp³-hybridized carbons (Fsp3) is 0.571. The third-order valence-electron chi connectivity index (χ3n) is 3.24. The van der Waals surface area contributed by atoms with Gasteiger partial charge < -0.3 is 14.7 Å². The molecule has 18 heavy (non-hydrogen) atoms. The van der Waals surface area contributed by atoms with Crippen LogP contribution in [0.25, 0.3) is 0 Å². The lowest BCUT2D eigenvalue weighted by atomic mass is 10.2. The van der Waals surface area contributed by atoms with Gasteiger partial charge in [-0.05, 0) is 56.6 Å². The molecule has 2 rings (SSSR count). The summed E-state index contributed by atoms with van der Waals surface area (Å²) in [5, 5.41) is 10.6. The third kappa shape index (κ3) is 3.87. The quantitative estimate of drug-likeness (QED) is 0.891. The Labute approximate surface area is 113 Å². The summed E-state index contributed by atoms with van der Waals surface area (Å²) in [5.74, 6) is 0.792. The van der Waals surface area contributed by atoms with Gasteiger partial charge in [-0.2, -0.15) is 0 Å². The van der Waals surface area contributed by atoms with Crippen molar-refractivity contribution in [1.82, 2.24) is 4.90 Å². The summed E-state index contributed by atoms with van der Waals surface area (Å²) in [7, 11) is 0. The van der Waals surface area contributed by atoms with E-state index in [4.69, 9.17) is 16.3 Å². The summed E-state index contributed by atoms with van der Waals surface area (Å²) in [4.78, 5) is 2.28. The van der Waals surface area contributed by atoms with Gasteiger partial charge in [-0.15, -0.1) is 0 Å². The Kier molecular flexibility index (Phi) is 4.87. The van der Waals surface area contributed by atoms with Crippen molar-refractivity contribution in [1.29, 1.82) is 0 Å². The van der Waals surface area contributed by atoms with Crippen molar-refractivity contribution >= 4 is 11.6 Å². The number of nitrogens with zero attached hydrogens (tertiary/aromatic N) is 1. The van der Waals surface area contributed by atoms with Crippen molar-refractivity contribution in [3.05, 3.63) is 28.8 Å². The molecular formula is C14H20ClNO2. The second kappa shape index (κ2) is 6.41. The molecule has 0 spiro atoms. The zero-order valence-electron chi connectivity index (χ0n) is 10.7. The molecule has 1 unspecified atom stereocenters. The van der Waals surface area contributed by atoms with Crippen LogP contribution < -0.4 is 4.74 Å². The summed E-state index contributed by atoms with van der Waals surface area (Å²) < 4.78 is 5.63. The minimum absolute atomic E-state index is 0.332. The average molecular weight is 270 g/mol. The summed E-state index contributed by atoms with van der Waals surface area (Å²) in [6.07, 6.45) is 2.05. The average Bonchev–Trinajstić information content (AvgIpc) is 2.80. The number of likely N-dealkylation sites (tertiary alicyclic amines) is 1. The molecule has 1 saturated heterocycles. The van der Waals surface area contributed by atoms with E-state index < -0.39 is 6.10 Å². The molecule has 1 fully saturated rings. The van der Waals surface area contributed by atoms with Gasteiger partial charge >= 0.3 is 0 Å². The fourth-order valence-electron chi connectivity index (χ4n) is 2.28. The molecule has 1 aliphatic heterocycles. The Balaban J connectivity index is 1.79. The highest BCUT2D eigenvalue weighted by Gasteiger charge is 2.16. The van der Waals surface area contributed by atoms with E-state index in [1.807, 2.05) is 19.1 Å². The highest BCUT2D eigenvalue weighted by atomic mass is 35.5. The Bertz CT molecular complexity index is 391. The summed E-state index contributed by atoms with van der Waals surface area (Å²) in [5.41, 5.74) is 0.996. The second-order valence-corrected chi connectivity index (χ2v) is 5.32. The lowest BCUT2D eigenvalue weighted by molar-refractivity contribution is 0.0756. The van der Waals surface area contributed by atoms with Crippen LogP contribution in [0.4, 0.5) is 0 Å². The molecular weight excluding hydrogens is 250 g/mol. The number of hydrogen-bond donors (Lipinski definition) is 1. The molecule has 1 heterocycles. The van der Waals surface area contributed by atoms with Crippen LogP contribution in [0.3, 0.4) is 0 Å². The Morgan fingerprint density at radius 1 is 1.39 bits per heavy atom. The maximum Gasteiger partial charge on any atom is 0.122 e. The molecule has 100 valence electrons. The molecule has 1 atom stereocenters. The van der Waals surface area contributed by atoms with Crippen LogP contribution >= 0.6 is 11.6 Å². The number of aryl methyl sites for hydroxylation is 1. The normalized spacial score (nSPS) is 17.9. The van der Waals surface area contributed by atoms with Gasteiger partial charge in [-0.1, -0.05) is 11.6 Å². The Hall–Kier alpha value is -0.770. The van der Waals surface area contributed by atoms with Crippen molar-refractivity contribution in [3.8, 4) is 5.75 Å². The van der Waals surface area contributed by atoms with Gasteiger partial charge in [0.2, 0.25) is 0 Å². The van der Waals surface area contributed by atoms with Gasteiger partial charge in [0.15, 0.2) is 0 Å². The van der Waals surface area contributed by atoms with E-state index in [1.165, 1.54) is 12.8 Å². The van der Waals surface area contributed by atoms with Crippen LogP contribution in [0.1, 0.15) is 18.4 Å². The van der Waals surface area contributed by atoms with Gasteiger partial charge in [-0.3, -0.25) is 0 Å². The zero-order chi connectivity index (χ0) is 13.0. The lowest BCUT2D eigenvalue weighted by Crippen LogP contribution is -2.33. The molecule has 1 N–H and O–H groups in total. The highest BCUT2D eigenvalue weighted by molar-refractivity contribution is 6.30. The molecule has 1 aromatic carbocycles. The molecule has 3 nitrogen and oxygen atoms in total. The van der Waals surface area contributed by atoms with Crippen LogP contribution in [0.15, 0.2) is 18.2 Å². The SMILES string of the molecule is Cc1cc(Cl)ccc1OCC(O)CN1CCCC1. The minimum Gasteiger partial charge on any atom is -0.491 e. The zero-order valence-corrected chi connectivity index (χ0v) is 11.5. The second-order valence-electron chi connectivity index (χ2n) is 4.88. The smallest absolute Gasteiger partial charge is 0.122 e. The van der Waals surface area contributed by atoms with Gasteiger partial charge in [0, 0.05) is 11.6 Å². The predicted octanol–water partition coefficient (Wildman–Crippen LogP) is 2.48. The monoisotopic (exact) mass is 269 g/mol. The summed E-state index contributed by atoms with van der Waals surface area (Å²) >= 11 is 5.88. The van der Waals surface area contributed by atoms with Crippen molar-refractivity contribution < 1.29 is 9.84 Å². The van der Waals surface area contributed by atoms with E-state index in [2.05, 4.69) is 4.90 Å². The van der Waals surface area contributed by atoms with Gasteiger partial charge in [0.05, 0.1) is 0 Å². The van der Waals surface area contributed by atoms with Crippen LogP contribution in [0.5, 0.6) is 5.75 Å². The number of benzene rings is 1. The first-order valence-corrected chi connectivity index (χ1v) is 6.82. The highest BCUT2D eigenvalue weighted by Crippen LogP contribution is 2.22. The minimum atomic E-state index is -0.432. The molecule has 4 heteroatoms. The maximum absolute atomic E-state index is 9.92. The number of aliphatic hydroxyl groups is 1. The largest absolute Gasteiger partial charge is 0.491 e. The topological polar surface area (TPSA) is 32.7 Å². The van der Waals surface area contributed by atoms with E-state index in [1.54, 1.807) is 6.07 Å². The van der Waals surface area contributed by atoms with Crippen LogP contribution in [-0.4, -0.2) is 42.4 Å². The Morgan fingerprint density at radius 3 is 2.78 bits per heavy atom. The predicted molar refractivity (Wildman–Crippen MR) is 73.4 cm³/mol. The van der Waals surface area contributed by atoms with E-state index in [9.17, 15) is 5.11 Å². The van der Waals surface area contributed by atoms with Gasteiger partial charge in [-0.25, -0.2) is 0 Å². The molecule has 0 radical (unpaired) electrons. The van der Waals surface area contributed by atoms with Crippen molar-refractivity contribution in [2.45, 2.75) is 25.9 Å². The number of halogens is 1. The van der Waals surface area contributed by atoms with Crippen molar-refractivity contribution in [3.63, 3.8) is 0 Å². The first-order chi connectivity index (χ1) is 8.65. The van der Waals surface area contributed by atoms with Crippen molar-refractivity contribution in [2.24, 2.45) is 0 Å². The lowest BCUT2D eigenvalue weighted by Gasteiger charge is -2.20. The molecule has 0 saturated carbocycles. The van der Waals surface area contributed by atoms with E-state index in [-0.39, 0.29) is 0 Å². The first kappa shape index (κ1) is 13.7. The molecule has 1 aliphatic rings. The van der Waals surface area contributed by atoms with E-state index in [0.717, 1.165) is 24.4 Å². The van der Waals surface area contributed by atoms with Crippen LogP contribution in [-0.2, 0) is 0 Å². The number of hydrogen-bond acceptors (Lipinski definition) is 3. The molecule has 0 aliphatic carbocycles. The number of aliphatic hydroxyl groups excluding tert-OH is 1. The molecule has 0 aromatic heterocycles. The Morgan fingerprint density at radius 2 is 2.11 bits per heavy atom. The first-order valence-electron chi connectivity index (χ1n) is 6.44. The number of ether oxygens (including phenoxy) is 1. The molecule has 0 amide bonds. The number of rotatable bonds is 5. The summed E-state index contributed by atoms with van der Waals surface area (Å²) in [6, 6.07) is 5.51. The van der Waals surface area contributed by atoms with Gasteiger partial charge in [0.1, 0.15) is 18.5 Å². The number of β-amino-alcohol motifs (C(OH)–C–C–N with tert-alkyl or cyclic N) is 1. The fourth-order valence-corrected chi connectivity index (χ4v) is 2.50. The standard InChI is InChI=1S/C14H20ClNO2/c1-11-8-12(15)4-5-14(11)18-10-13(17)9-16-6-2-3-7-16/h4-5,8,13,17H,2-3,6-7,9-10H2,1H3. The van der Waals surface area contributed by atoms with E-state index in [0.29, 0.717) is 18.2 Å².